The van der Waals surface area contributed by atoms with Crippen molar-refractivity contribution in [2.75, 3.05) is 0 Å². The molecule has 0 aliphatic heterocycles. The van der Waals surface area contributed by atoms with E-state index in [0.717, 1.165) is 0 Å². The zero-order chi connectivity index (χ0) is 10.5. The fourth-order valence-corrected chi connectivity index (χ4v) is 3.43. The van der Waals surface area contributed by atoms with E-state index in [-0.39, 0.29) is 9.52 Å². The molecule has 0 aliphatic carbocycles. The van der Waals surface area contributed by atoms with Crippen LogP contribution in [0.15, 0.2) is 61.7 Å². The van der Waals surface area contributed by atoms with Crippen LogP contribution in [0.25, 0.3) is 0 Å². The van der Waals surface area contributed by atoms with Gasteiger partial charge in [0.1, 0.15) is 0 Å². The first-order chi connectivity index (χ1) is 7.42. The second-order valence-corrected chi connectivity index (χ2v) is 5.49. The van der Waals surface area contributed by atoms with Gasteiger partial charge in [0.2, 0.25) is 0 Å². The molecule has 0 atom stereocenters. The Morgan fingerprint density at radius 3 is 1.87 bits per heavy atom. The maximum Gasteiger partial charge on any atom is 0.0894 e. The third-order valence-electron chi connectivity index (χ3n) is 2.57. The number of allylic oxidation sites excluding steroid dienone is 1. The number of rotatable bonds is 5. The topological polar surface area (TPSA) is 9.86 Å². The summed E-state index contributed by atoms with van der Waals surface area (Å²) in [6, 6.07) is 9.50. The molecule has 0 fully saturated rings. The maximum absolute atomic E-state index is 3.81. The molecule has 0 saturated heterocycles. The Kier molecular flexibility index (Phi) is 3.24. The van der Waals surface area contributed by atoms with Crippen LogP contribution in [0.5, 0.6) is 0 Å². The van der Waals surface area contributed by atoms with Crippen molar-refractivity contribution < 1.29 is 0 Å². The van der Waals surface area contributed by atoms with Crippen LogP contribution in [0.3, 0.4) is 0 Å². The van der Waals surface area contributed by atoms with Crippen LogP contribution in [-0.4, -0.2) is 18.7 Å². The molecule has 0 bridgehead atoms. The van der Waals surface area contributed by atoms with Crippen molar-refractivity contribution in [1.82, 2.24) is 9.13 Å². The molecule has 0 unspecified atom stereocenters. The number of aromatic nitrogens is 2. The van der Waals surface area contributed by atoms with Crippen molar-refractivity contribution in [2.24, 2.45) is 0 Å². The van der Waals surface area contributed by atoms with Gasteiger partial charge in [0.25, 0.3) is 0 Å². The smallest absolute Gasteiger partial charge is 0.0894 e. The fraction of sp³-hybridized carbons (Fsp3) is 0.167. The van der Waals surface area contributed by atoms with Gasteiger partial charge in [-0.2, -0.15) is 0 Å². The normalized spacial score (nSPS) is 11.5. The molecule has 15 heavy (non-hydrogen) atoms. The first kappa shape index (κ1) is 10.0. The lowest BCUT2D eigenvalue weighted by atomic mass is 10.7. The maximum atomic E-state index is 3.81. The summed E-state index contributed by atoms with van der Waals surface area (Å²) in [5, 5.41) is 0. The zero-order valence-corrected chi connectivity index (χ0v) is 10.2. The first-order valence-corrected chi connectivity index (χ1v) is 7.09. The molecule has 78 valence electrons. The van der Waals surface area contributed by atoms with Crippen LogP contribution in [0.2, 0.25) is 6.04 Å². The van der Waals surface area contributed by atoms with Gasteiger partial charge in [0.15, 0.2) is 0 Å². The summed E-state index contributed by atoms with van der Waals surface area (Å²) < 4.78 is 4.57. The number of hydrogen-bond acceptors (Lipinski definition) is 0. The second kappa shape index (κ2) is 4.84. The van der Waals surface area contributed by atoms with E-state index in [1.807, 2.05) is 6.08 Å². The standard InChI is InChI=1S/C12H16N2Si/c1-2-11-15-12(13-7-3-4-8-13)14-9-5-6-10-14/h2-10,12H,1,11,15H2. The molecule has 2 heterocycles. The van der Waals surface area contributed by atoms with E-state index in [1.54, 1.807) is 0 Å². The average molecular weight is 216 g/mol. The van der Waals surface area contributed by atoms with Gasteiger partial charge in [0, 0.05) is 24.8 Å². The summed E-state index contributed by atoms with van der Waals surface area (Å²) in [5.74, 6) is 0.507. The molecule has 0 aromatic carbocycles. The lowest BCUT2D eigenvalue weighted by Gasteiger charge is -2.20. The molecule has 2 rings (SSSR count). The van der Waals surface area contributed by atoms with Gasteiger partial charge in [-0.3, -0.25) is 0 Å². The molecule has 0 spiro atoms. The number of nitrogens with zero attached hydrogens (tertiary/aromatic N) is 2. The third kappa shape index (κ3) is 2.30. The largest absolute Gasteiger partial charge is 0.337 e. The summed E-state index contributed by atoms with van der Waals surface area (Å²) in [5.41, 5.74) is 0. The Labute approximate surface area is 92.7 Å². The van der Waals surface area contributed by atoms with E-state index in [0.29, 0.717) is 5.79 Å². The van der Waals surface area contributed by atoms with Gasteiger partial charge < -0.3 is 9.13 Å². The number of hydrogen-bond donors (Lipinski definition) is 0. The third-order valence-corrected chi connectivity index (χ3v) is 4.67. The van der Waals surface area contributed by atoms with Gasteiger partial charge in [-0.1, -0.05) is 6.08 Å². The molecule has 2 aromatic rings. The van der Waals surface area contributed by atoms with Crippen molar-refractivity contribution in [3.8, 4) is 0 Å². The molecule has 2 nitrogen and oxygen atoms in total. The minimum absolute atomic E-state index is 0.205. The molecule has 0 saturated carbocycles. The van der Waals surface area contributed by atoms with Gasteiger partial charge >= 0.3 is 0 Å². The SMILES string of the molecule is C=CC[SiH2]C(n1cccc1)n1cccc1. The highest BCUT2D eigenvalue weighted by Crippen LogP contribution is 2.11. The Morgan fingerprint density at radius 2 is 1.47 bits per heavy atom. The summed E-state index contributed by atoms with van der Waals surface area (Å²) >= 11 is 0. The highest BCUT2D eigenvalue weighted by Gasteiger charge is 2.09. The summed E-state index contributed by atoms with van der Waals surface area (Å²) in [6.45, 7) is 3.81. The monoisotopic (exact) mass is 216 g/mol. The highest BCUT2D eigenvalue weighted by atomic mass is 28.2. The molecule has 0 aliphatic rings. The Hall–Kier alpha value is -1.48. The second-order valence-electron chi connectivity index (χ2n) is 3.61. The predicted octanol–water partition coefficient (Wildman–Crippen LogP) is 2.07. The summed E-state index contributed by atoms with van der Waals surface area (Å²) in [6.07, 6.45) is 10.6. The van der Waals surface area contributed by atoms with Crippen molar-refractivity contribution in [2.45, 2.75) is 11.8 Å². The van der Waals surface area contributed by atoms with E-state index in [2.05, 4.69) is 64.8 Å². The van der Waals surface area contributed by atoms with Crippen molar-refractivity contribution >= 4 is 9.52 Å². The molecular weight excluding hydrogens is 200 g/mol. The Morgan fingerprint density at radius 1 is 1.00 bits per heavy atom. The van der Waals surface area contributed by atoms with E-state index < -0.39 is 0 Å². The molecular formula is C12H16N2Si. The van der Waals surface area contributed by atoms with Crippen LogP contribution in [0, 0.1) is 0 Å². The van der Waals surface area contributed by atoms with Gasteiger partial charge in [-0.15, -0.1) is 6.58 Å². The molecule has 2 aromatic heterocycles. The Bertz CT molecular complexity index is 355. The van der Waals surface area contributed by atoms with Gasteiger partial charge in [-0.05, 0) is 30.3 Å². The van der Waals surface area contributed by atoms with Crippen LogP contribution < -0.4 is 0 Å². The quantitative estimate of drug-likeness (QED) is 0.535. The minimum Gasteiger partial charge on any atom is -0.337 e. The van der Waals surface area contributed by atoms with E-state index in [9.17, 15) is 0 Å². The lowest BCUT2D eigenvalue weighted by molar-refractivity contribution is 0.573. The highest BCUT2D eigenvalue weighted by molar-refractivity contribution is 6.37. The van der Waals surface area contributed by atoms with Gasteiger partial charge in [0.05, 0.1) is 15.3 Å². The molecule has 0 radical (unpaired) electrons. The predicted molar refractivity (Wildman–Crippen MR) is 66.8 cm³/mol. The average Bonchev–Trinajstić information content (AvgIpc) is 2.90. The molecule has 0 N–H and O–H groups in total. The zero-order valence-electron chi connectivity index (χ0n) is 8.79. The van der Waals surface area contributed by atoms with E-state index in [1.165, 1.54) is 6.04 Å². The summed E-state index contributed by atoms with van der Waals surface area (Å²) in [7, 11) is -0.205. The van der Waals surface area contributed by atoms with Crippen molar-refractivity contribution in [1.29, 1.82) is 0 Å². The van der Waals surface area contributed by atoms with Crippen LogP contribution in [0.4, 0.5) is 0 Å². The van der Waals surface area contributed by atoms with E-state index >= 15 is 0 Å². The lowest BCUT2D eigenvalue weighted by Crippen LogP contribution is -2.21. The summed E-state index contributed by atoms with van der Waals surface area (Å²) in [4.78, 5) is 0. The minimum atomic E-state index is -0.205. The van der Waals surface area contributed by atoms with Crippen LogP contribution in [0.1, 0.15) is 5.79 Å². The fourth-order valence-electron chi connectivity index (χ4n) is 1.81. The van der Waals surface area contributed by atoms with E-state index in [4.69, 9.17) is 0 Å². The van der Waals surface area contributed by atoms with Crippen molar-refractivity contribution in [3.63, 3.8) is 0 Å². The Balaban J connectivity index is 2.20. The first-order valence-electron chi connectivity index (χ1n) is 5.27. The molecule has 0 amide bonds. The van der Waals surface area contributed by atoms with Crippen LogP contribution >= 0.6 is 0 Å². The molecule has 3 heteroatoms. The van der Waals surface area contributed by atoms with Gasteiger partial charge in [-0.25, -0.2) is 0 Å². The van der Waals surface area contributed by atoms with Crippen LogP contribution in [-0.2, 0) is 0 Å². The van der Waals surface area contributed by atoms with Crippen molar-refractivity contribution in [3.05, 3.63) is 61.7 Å².